The first-order chi connectivity index (χ1) is 46.9. The van der Waals surface area contributed by atoms with Crippen LogP contribution in [0.15, 0.2) is 41.0 Å². The number of nitrogens with two attached hydrogens (primary N) is 1. The molecule has 0 saturated heterocycles. The molecule has 102 heavy (non-hydrogen) atoms. The minimum absolute atomic E-state index is 0.191. The number of nitriles is 1. The maximum absolute atomic E-state index is 11.4. The molecule has 0 fully saturated rings. The van der Waals surface area contributed by atoms with Crippen LogP contribution < -0.4 is 42.8 Å². The SMILES string of the molecule is CC(C)(C)CCCC(N)=O.CC(C)(C)CCCn1ccnn1.CC(C)CCCN(C)S(C)(=O)=O.CC(C)CCCN=C(NC#N)N(C)C.CN(C)c1c(NCCCC(C)(C)C)c(=O)c1=O.CN/C(=N\[N+](=O)[O-])NCCCC(C)C.Cc1nnc(CCC(C)C)o1.Cc1noc(CCC(C)(C)C)n1. The number of aryl methyl sites for hydroxylation is 5. The molecule has 28 nitrogen and oxygen atoms in total. The maximum Gasteiger partial charge on any atom is 0.268 e. The molecule has 3 aromatic heterocycles. The third kappa shape index (κ3) is 65.0. The van der Waals surface area contributed by atoms with Crippen LogP contribution in [0.25, 0.3) is 0 Å². The fourth-order valence-electron chi connectivity index (χ4n) is 8.38. The molecule has 29 heteroatoms. The van der Waals surface area contributed by atoms with E-state index < -0.39 is 15.1 Å². The minimum atomic E-state index is -2.97. The molecule has 0 spiro atoms. The normalized spacial score (nSPS) is 11.7. The van der Waals surface area contributed by atoms with Gasteiger partial charge in [0.2, 0.25) is 39.6 Å². The largest absolute Gasteiger partial charge is 0.426 e. The minimum Gasteiger partial charge on any atom is -0.426 e. The number of aromatic nitrogens is 7. The molecule has 6 N–H and O–H groups in total. The predicted molar refractivity (Wildman–Crippen MR) is 419 cm³/mol. The molecule has 0 aliphatic heterocycles. The van der Waals surface area contributed by atoms with E-state index in [2.05, 4.69) is 200 Å². The van der Waals surface area contributed by atoms with Crippen LogP contribution in [0.4, 0.5) is 11.4 Å². The highest BCUT2D eigenvalue weighted by molar-refractivity contribution is 7.88. The Morgan fingerprint density at radius 2 is 1.26 bits per heavy atom. The summed E-state index contributed by atoms with van der Waals surface area (Å²) in [6.07, 6.45) is 24.1. The molecule has 0 bridgehead atoms. The molecule has 4 aromatic rings. The molecular formula is C73H143N19O9S. The first-order valence-corrected chi connectivity index (χ1v) is 38.1. The maximum atomic E-state index is 11.4. The summed E-state index contributed by atoms with van der Waals surface area (Å²) in [7, 11) is 7.53. The monoisotopic (exact) mass is 1460 g/mol. The van der Waals surface area contributed by atoms with Gasteiger partial charge in [-0.2, -0.15) is 10.2 Å². The van der Waals surface area contributed by atoms with Crippen molar-refractivity contribution in [2.75, 3.05) is 84.9 Å². The molecule has 4 rings (SSSR count). The highest BCUT2D eigenvalue weighted by Crippen LogP contribution is 2.24. The summed E-state index contributed by atoms with van der Waals surface area (Å²) in [6.45, 7) is 51.3. The topological polar surface area (TPSA) is 369 Å². The third-order valence-corrected chi connectivity index (χ3v) is 15.6. The van der Waals surface area contributed by atoms with E-state index in [1.54, 1.807) is 44.2 Å². The number of carbonyl (C=O) groups excluding carboxylic acids is 1. The number of hydrazone groups is 1. The summed E-state index contributed by atoms with van der Waals surface area (Å²) in [4.78, 5) is 55.0. The lowest BCUT2D eigenvalue weighted by atomic mass is 9.90. The standard InChI is InChI=1S/C13H22N2O2.C10H20N4.C9H17N3.C9H16N2O.C8H18N4O2.C8H14N2O.C8H19NO2S.C8H17NO/c1-13(2,3)7-6-8-14-9-10(15(4)5)12(17)11(9)16;1-9(2)6-5-7-12-10(13-8-11)14(3)4;1-9(2,3)5-4-7-12-8-6-10-11-12;1-7-10-8(12-11-7)5-6-9(2,3)4;1-7(2)5-4-6-10-8(9-3)11-12(13)14;1-6(2)4-5-8-10-9-7(3)11-8;1-8(2)6-5-7-9(3)12(4,10)11;1-8(2,3)6-4-5-7(9)10/h14H,6-8H2,1-5H3;9H,5-7H2,1-4H3,(H,12,13);6,8H,4-5,7H2,1-3H3;5-6H2,1-4H3;7H,4-6H2,1-3H3,(H2,9,10,11);6H,4-5H2,1-3H3;8H,5-7H2,1-4H3;4-6H2,1-3H3,(H2,9,10). The number of primary amides is 1. The number of anilines is 2. The Morgan fingerprint density at radius 3 is 1.69 bits per heavy atom. The van der Waals surface area contributed by atoms with E-state index in [9.17, 15) is 32.9 Å². The Hall–Kier alpha value is -7.09. The molecule has 0 radical (unpaired) electrons. The second-order valence-electron chi connectivity index (χ2n) is 32.4. The lowest BCUT2D eigenvalue weighted by molar-refractivity contribution is -0.485. The van der Waals surface area contributed by atoms with Gasteiger partial charge < -0.3 is 40.4 Å². The number of carbonyl (C=O) groups is 1. The van der Waals surface area contributed by atoms with Gasteiger partial charge in [-0.3, -0.25) is 29.4 Å². The van der Waals surface area contributed by atoms with Crippen molar-refractivity contribution in [3.05, 3.63) is 66.5 Å². The quantitative estimate of drug-likeness (QED) is 0.00473. The van der Waals surface area contributed by atoms with E-state index in [0.717, 1.165) is 127 Å². The van der Waals surface area contributed by atoms with E-state index in [4.69, 9.17) is 19.9 Å². The Morgan fingerprint density at radius 1 is 0.735 bits per heavy atom. The zero-order valence-corrected chi connectivity index (χ0v) is 69.8. The summed E-state index contributed by atoms with van der Waals surface area (Å²) < 4.78 is 35.4. The van der Waals surface area contributed by atoms with Crippen molar-refractivity contribution in [3.8, 4) is 6.19 Å². The third-order valence-electron chi connectivity index (χ3n) is 14.3. The van der Waals surface area contributed by atoms with Gasteiger partial charge in [0.05, 0.1) is 12.5 Å². The highest BCUT2D eigenvalue weighted by Gasteiger charge is 2.22. The molecule has 0 aliphatic carbocycles. The lowest BCUT2D eigenvalue weighted by Gasteiger charge is -2.21. The van der Waals surface area contributed by atoms with E-state index >= 15 is 0 Å². The van der Waals surface area contributed by atoms with Crippen LogP contribution in [0.3, 0.4) is 0 Å². The zero-order valence-electron chi connectivity index (χ0n) is 68.9. The fourth-order valence-corrected chi connectivity index (χ4v) is 8.84. The number of nitro groups is 1. The van der Waals surface area contributed by atoms with Crippen LogP contribution in [-0.4, -0.2) is 151 Å². The van der Waals surface area contributed by atoms with Crippen molar-refractivity contribution < 1.29 is 27.2 Å². The zero-order chi connectivity index (χ0) is 79.6. The van der Waals surface area contributed by atoms with Gasteiger partial charge in [-0.15, -0.1) is 15.3 Å². The summed E-state index contributed by atoms with van der Waals surface area (Å²) >= 11 is 0. The Labute approximate surface area is 616 Å². The fraction of sp³-hybridized carbons (Fsp3) is 0.808. The van der Waals surface area contributed by atoms with Crippen molar-refractivity contribution >= 4 is 39.2 Å². The lowest BCUT2D eigenvalue weighted by Crippen LogP contribution is -2.40. The molecular weight excluding hydrogens is 1320 g/mol. The first-order valence-electron chi connectivity index (χ1n) is 36.2. The van der Waals surface area contributed by atoms with Crippen LogP contribution in [0.1, 0.15) is 258 Å². The van der Waals surface area contributed by atoms with Gasteiger partial charge in [0, 0.05) is 107 Å². The highest BCUT2D eigenvalue weighted by atomic mass is 32.2. The van der Waals surface area contributed by atoms with Crippen molar-refractivity contribution in [1.29, 1.82) is 5.26 Å². The van der Waals surface area contributed by atoms with Crippen molar-refractivity contribution in [1.82, 2.24) is 60.5 Å². The Bertz CT molecular complexity index is 3080. The van der Waals surface area contributed by atoms with Crippen molar-refractivity contribution in [2.45, 2.75) is 268 Å². The number of guanidine groups is 2. The number of sulfonamides is 1. The summed E-state index contributed by atoms with van der Waals surface area (Å²) in [5, 5.41) is 51.0. The van der Waals surface area contributed by atoms with Gasteiger partial charge in [0.15, 0.2) is 17.0 Å². The van der Waals surface area contributed by atoms with E-state index in [1.807, 2.05) is 45.0 Å². The number of nitrogens with zero attached hydrogens (tertiary/aromatic N) is 14. The number of hydrogen-bond donors (Lipinski definition) is 5. The van der Waals surface area contributed by atoms with Crippen LogP contribution in [0.2, 0.25) is 0 Å². The number of amides is 1. The molecule has 590 valence electrons. The molecule has 0 unspecified atom stereocenters. The number of nitrogens with one attached hydrogen (secondary N) is 4. The number of aliphatic imine (C=N–C) groups is 1. The molecule has 1 aromatic carbocycles. The second-order valence-corrected chi connectivity index (χ2v) is 34.5. The van der Waals surface area contributed by atoms with E-state index in [1.165, 1.54) is 29.8 Å². The van der Waals surface area contributed by atoms with Gasteiger partial charge in [-0.1, -0.05) is 149 Å². The Kier molecular flexibility index (Phi) is 54.2. The van der Waals surface area contributed by atoms with Gasteiger partial charge in [-0.25, -0.2) is 22.8 Å². The molecule has 0 atom stereocenters. The number of rotatable bonds is 30. The summed E-state index contributed by atoms with van der Waals surface area (Å²) in [5.41, 5.74) is 6.60. The first kappa shape index (κ1) is 101. The van der Waals surface area contributed by atoms with E-state index in [0.29, 0.717) is 82.1 Å². The summed E-state index contributed by atoms with van der Waals surface area (Å²) in [6, 6.07) is 0. The van der Waals surface area contributed by atoms with Crippen LogP contribution >= 0.6 is 0 Å². The molecule has 0 saturated carbocycles. The number of hydrogen-bond acceptors (Lipinski definition) is 19. The smallest absolute Gasteiger partial charge is 0.268 e. The van der Waals surface area contributed by atoms with Gasteiger partial charge in [-0.05, 0) is 142 Å². The molecule has 0 aliphatic rings. The predicted octanol–water partition coefficient (Wildman–Crippen LogP) is 13.2. The van der Waals surface area contributed by atoms with Crippen LogP contribution in [0, 0.1) is 80.7 Å². The van der Waals surface area contributed by atoms with Crippen molar-refractivity contribution in [3.63, 3.8) is 0 Å². The summed E-state index contributed by atoms with van der Waals surface area (Å²) in [5.74, 6) is 6.26. The van der Waals surface area contributed by atoms with Gasteiger partial charge in [0.1, 0.15) is 16.5 Å². The average molecular weight is 1460 g/mol. The average Bonchev–Trinajstić information content (AvgIpc) is 0.820. The second kappa shape index (κ2) is 54.5. The van der Waals surface area contributed by atoms with Crippen molar-refractivity contribution in [2.24, 2.45) is 61.2 Å². The van der Waals surface area contributed by atoms with Gasteiger partial charge in [0.25, 0.3) is 16.8 Å². The van der Waals surface area contributed by atoms with Crippen LogP contribution in [-0.2, 0) is 34.2 Å². The van der Waals surface area contributed by atoms with E-state index in [-0.39, 0.29) is 22.7 Å². The molecule has 3 heterocycles. The Balaban J connectivity index is -0.000000540. The van der Waals surface area contributed by atoms with Crippen LogP contribution in [0.5, 0.6) is 0 Å². The molecule has 1 amide bonds. The van der Waals surface area contributed by atoms with Gasteiger partial charge >= 0.3 is 0 Å².